The molecule has 0 bridgehead atoms. The molecule has 2 aliphatic rings. The number of carbonyl (C=O) groups is 1. The lowest BCUT2D eigenvalue weighted by Crippen LogP contribution is -2.52. The van der Waals surface area contributed by atoms with E-state index in [0.717, 1.165) is 44.3 Å². The van der Waals surface area contributed by atoms with Crippen molar-refractivity contribution in [2.24, 2.45) is 5.73 Å². The Balaban J connectivity index is 1.72. The molecule has 1 saturated carbocycles. The molecule has 1 aromatic carbocycles. The summed E-state index contributed by atoms with van der Waals surface area (Å²) >= 11 is 0. The highest BCUT2D eigenvalue weighted by Gasteiger charge is 2.35. The van der Waals surface area contributed by atoms with Gasteiger partial charge >= 0.3 is 0 Å². The van der Waals surface area contributed by atoms with Crippen molar-refractivity contribution < 1.29 is 14.3 Å². The minimum Gasteiger partial charge on any atom is -0.490 e. The summed E-state index contributed by atoms with van der Waals surface area (Å²) in [5.74, 6) is 1.31. The van der Waals surface area contributed by atoms with E-state index in [4.69, 9.17) is 15.2 Å². The van der Waals surface area contributed by atoms with Crippen LogP contribution in [0.1, 0.15) is 38.5 Å². The van der Waals surface area contributed by atoms with E-state index in [2.05, 4.69) is 5.32 Å². The maximum Gasteiger partial charge on any atom is 0.244 e. The van der Waals surface area contributed by atoms with Crippen molar-refractivity contribution in [1.29, 1.82) is 0 Å². The van der Waals surface area contributed by atoms with Crippen LogP contribution in [-0.2, 0) is 4.79 Å². The number of fused-ring (bicyclic) bond motifs is 1. The predicted molar refractivity (Wildman–Crippen MR) is 80.7 cm³/mol. The van der Waals surface area contributed by atoms with Crippen LogP contribution >= 0.6 is 0 Å². The maximum atomic E-state index is 12.4. The predicted octanol–water partition coefficient (Wildman–Crippen LogP) is 2.45. The van der Waals surface area contributed by atoms with E-state index >= 15 is 0 Å². The summed E-state index contributed by atoms with van der Waals surface area (Å²) in [6.07, 6.45) is 5.57. The number of hydrogen-bond acceptors (Lipinski definition) is 4. The van der Waals surface area contributed by atoms with Crippen molar-refractivity contribution in [1.82, 2.24) is 0 Å². The lowest BCUT2D eigenvalue weighted by molar-refractivity contribution is -0.122. The van der Waals surface area contributed by atoms with Crippen molar-refractivity contribution in [3.8, 4) is 11.5 Å². The Labute approximate surface area is 124 Å². The summed E-state index contributed by atoms with van der Waals surface area (Å²) < 4.78 is 11.2. The quantitative estimate of drug-likeness (QED) is 0.877. The Bertz CT molecular complexity index is 524. The molecule has 1 aliphatic carbocycles. The van der Waals surface area contributed by atoms with Crippen LogP contribution in [0.2, 0.25) is 0 Å². The number of rotatable bonds is 2. The Hall–Kier alpha value is -1.75. The van der Waals surface area contributed by atoms with Crippen molar-refractivity contribution in [2.75, 3.05) is 18.5 Å². The van der Waals surface area contributed by atoms with Gasteiger partial charge < -0.3 is 20.5 Å². The Morgan fingerprint density at radius 3 is 2.52 bits per heavy atom. The average molecular weight is 290 g/mol. The number of nitrogens with one attached hydrogen (secondary N) is 1. The first-order valence-electron chi connectivity index (χ1n) is 7.67. The van der Waals surface area contributed by atoms with Gasteiger partial charge in [0.25, 0.3) is 0 Å². The van der Waals surface area contributed by atoms with Gasteiger partial charge in [0, 0.05) is 18.2 Å². The average Bonchev–Trinajstić information content (AvgIpc) is 2.73. The SMILES string of the molecule is NC1(C(=O)Nc2ccc3c(c2)OCCCO3)CCCCC1. The van der Waals surface area contributed by atoms with Gasteiger partial charge in [-0.15, -0.1) is 0 Å². The molecule has 1 fully saturated rings. The van der Waals surface area contributed by atoms with Crippen molar-refractivity contribution >= 4 is 11.6 Å². The Kier molecular flexibility index (Phi) is 4.01. The number of ether oxygens (including phenoxy) is 2. The molecule has 114 valence electrons. The molecule has 1 aliphatic heterocycles. The third kappa shape index (κ3) is 3.13. The van der Waals surface area contributed by atoms with Gasteiger partial charge in [-0.3, -0.25) is 4.79 Å². The van der Waals surface area contributed by atoms with E-state index in [0.29, 0.717) is 24.7 Å². The normalized spacial score (nSPS) is 20.4. The van der Waals surface area contributed by atoms with Crippen molar-refractivity contribution in [3.05, 3.63) is 18.2 Å². The smallest absolute Gasteiger partial charge is 0.244 e. The molecular formula is C16H22N2O3. The van der Waals surface area contributed by atoms with E-state index < -0.39 is 5.54 Å². The van der Waals surface area contributed by atoms with Gasteiger partial charge in [0.2, 0.25) is 5.91 Å². The van der Waals surface area contributed by atoms with Gasteiger partial charge in [0.15, 0.2) is 11.5 Å². The van der Waals surface area contributed by atoms with Crippen LogP contribution in [-0.4, -0.2) is 24.7 Å². The summed E-state index contributed by atoms with van der Waals surface area (Å²) in [4.78, 5) is 12.4. The van der Waals surface area contributed by atoms with Crippen LogP contribution in [0.5, 0.6) is 11.5 Å². The molecule has 1 aromatic rings. The molecule has 0 saturated heterocycles. The molecule has 0 aromatic heterocycles. The number of amides is 1. The molecule has 5 heteroatoms. The Morgan fingerprint density at radius 2 is 1.76 bits per heavy atom. The second kappa shape index (κ2) is 5.93. The topological polar surface area (TPSA) is 73.6 Å². The van der Waals surface area contributed by atoms with Gasteiger partial charge in [-0.25, -0.2) is 0 Å². The van der Waals surface area contributed by atoms with Crippen LogP contribution in [0, 0.1) is 0 Å². The van der Waals surface area contributed by atoms with Crippen LogP contribution < -0.4 is 20.5 Å². The fourth-order valence-electron chi connectivity index (χ4n) is 2.91. The Morgan fingerprint density at radius 1 is 1.05 bits per heavy atom. The fraction of sp³-hybridized carbons (Fsp3) is 0.562. The standard InChI is InChI=1S/C16H22N2O3/c17-16(7-2-1-3-8-16)15(19)18-12-5-6-13-14(11-12)21-10-4-9-20-13/h5-6,11H,1-4,7-10,17H2,(H,18,19). The third-order valence-corrected chi connectivity index (χ3v) is 4.20. The van der Waals surface area contributed by atoms with Gasteiger partial charge in [-0.1, -0.05) is 19.3 Å². The van der Waals surface area contributed by atoms with E-state index in [9.17, 15) is 4.79 Å². The van der Waals surface area contributed by atoms with Crippen LogP contribution in [0.3, 0.4) is 0 Å². The number of hydrogen-bond donors (Lipinski definition) is 2. The molecule has 3 rings (SSSR count). The molecule has 0 spiro atoms. The van der Waals surface area contributed by atoms with Gasteiger partial charge in [-0.2, -0.15) is 0 Å². The highest BCUT2D eigenvalue weighted by molar-refractivity contribution is 5.98. The molecule has 1 heterocycles. The second-order valence-corrected chi connectivity index (χ2v) is 5.88. The number of anilines is 1. The van der Waals surface area contributed by atoms with Gasteiger partial charge in [-0.05, 0) is 25.0 Å². The van der Waals surface area contributed by atoms with E-state index in [1.165, 1.54) is 0 Å². The van der Waals surface area contributed by atoms with Crippen molar-refractivity contribution in [2.45, 2.75) is 44.1 Å². The molecule has 0 atom stereocenters. The number of nitrogens with two attached hydrogens (primary N) is 1. The van der Waals surface area contributed by atoms with Crippen LogP contribution in [0.15, 0.2) is 18.2 Å². The zero-order valence-corrected chi connectivity index (χ0v) is 12.2. The van der Waals surface area contributed by atoms with E-state index in [1.807, 2.05) is 18.2 Å². The molecule has 3 N–H and O–H groups in total. The minimum atomic E-state index is -0.734. The lowest BCUT2D eigenvalue weighted by atomic mass is 9.82. The molecule has 0 radical (unpaired) electrons. The summed E-state index contributed by atoms with van der Waals surface area (Å²) in [5.41, 5.74) is 6.22. The zero-order valence-electron chi connectivity index (χ0n) is 12.2. The minimum absolute atomic E-state index is 0.100. The fourth-order valence-corrected chi connectivity index (χ4v) is 2.91. The summed E-state index contributed by atoms with van der Waals surface area (Å²) in [5, 5.41) is 2.92. The summed E-state index contributed by atoms with van der Waals surface area (Å²) in [6.45, 7) is 1.29. The van der Waals surface area contributed by atoms with E-state index in [-0.39, 0.29) is 5.91 Å². The number of benzene rings is 1. The highest BCUT2D eigenvalue weighted by atomic mass is 16.5. The molecule has 21 heavy (non-hydrogen) atoms. The summed E-state index contributed by atoms with van der Waals surface area (Å²) in [6, 6.07) is 5.47. The second-order valence-electron chi connectivity index (χ2n) is 5.88. The first kappa shape index (κ1) is 14.2. The highest BCUT2D eigenvalue weighted by Crippen LogP contribution is 2.33. The molecule has 1 amide bonds. The van der Waals surface area contributed by atoms with Crippen LogP contribution in [0.4, 0.5) is 5.69 Å². The van der Waals surface area contributed by atoms with E-state index in [1.54, 1.807) is 0 Å². The van der Waals surface area contributed by atoms with Crippen molar-refractivity contribution in [3.63, 3.8) is 0 Å². The summed E-state index contributed by atoms with van der Waals surface area (Å²) in [7, 11) is 0. The molecule has 0 unspecified atom stereocenters. The monoisotopic (exact) mass is 290 g/mol. The van der Waals surface area contributed by atoms with Gasteiger partial charge in [0.05, 0.1) is 18.8 Å². The lowest BCUT2D eigenvalue weighted by Gasteiger charge is -2.31. The first-order chi connectivity index (χ1) is 10.2. The van der Waals surface area contributed by atoms with Crippen LogP contribution in [0.25, 0.3) is 0 Å². The molecule has 5 nitrogen and oxygen atoms in total. The van der Waals surface area contributed by atoms with Gasteiger partial charge in [0.1, 0.15) is 0 Å². The number of carbonyl (C=O) groups excluding carboxylic acids is 1. The maximum absolute atomic E-state index is 12.4. The zero-order chi connectivity index (χ0) is 14.7. The first-order valence-corrected chi connectivity index (χ1v) is 7.67. The third-order valence-electron chi connectivity index (χ3n) is 4.20. The molecular weight excluding hydrogens is 268 g/mol. The largest absolute Gasteiger partial charge is 0.490 e.